The van der Waals surface area contributed by atoms with Crippen molar-refractivity contribution < 1.29 is 8.91 Å². The van der Waals surface area contributed by atoms with Gasteiger partial charge in [-0.05, 0) is 31.3 Å². The molecular weight excluding hydrogens is 313 g/mol. The Morgan fingerprint density at radius 3 is 2.92 bits per heavy atom. The Balaban J connectivity index is 1.58. The lowest BCUT2D eigenvalue weighted by molar-refractivity contribution is 0.190. The van der Waals surface area contributed by atoms with Crippen molar-refractivity contribution >= 4 is 0 Å². The average molecular weight is 329 g/mol. The molecule has 1 aliphatic rings. The lowest BCUT2D eigenvalue weighted by Crippen LogP contribution is -2.44. The predicted molar refractivity (Wildman–Crippen MR) is 82.8 cm³/mol. The van der Waals surface area contributed by atoms with Crippen molar-refractivity contribution in [3.05, 3.63) is 42.1 Å². The Morgan fingerprint density at radius 1 is 1.29 bits per heavy atom. The van der Waals surface area contributed by atoms with Gasteiger partial charge in [-0.3, -0.25) is 4.90 Å². The van der Waals surface area contributed by atoms with Crippen LogP contribution in [0.25, 0.3) is 17.3 Å². The first-order valence-corrected chi connectivity index (χ1v) is 7.64. The molecule has 3 heterocycles. The van der Waals surface area contributed by atoms with Gasteiger partial charge < -0.3 is 9.84 Å². The first-order valence-electron chi connectivity index (χ1n) is 7.64. The predicted octanol–water partition coefficient (Wildman–Crippen LogP) is 1.03. The maximum Gasteiger partial charge on any atom is 0.280 e. The Kier molecular flexibility index (Phi) is 3.79. The van der Waals surface area contributed by atoms with E-state index in [1.807, 2.05) is 7.05 Å². The summed E-state index contributed by atoms with van der Waals surface area (Å²) in [4.78, 5) is 8.02. The molecule has 1 N–H and O–H groups in total. The second-order valence-corrected chi connectivity index (χ2v) is 5.65. The van der Waals surface area contributed by atoms with Gasteiger partial charge in [-0.15, -0.1) is 5.10 Å². The van der Waals surface area contributed by atoms with Crippen molar-refractivity contribution in [2.75, 3.05) is 26.7 Å². The van der Waals surface area contributed by atoms with Gasteiger partial charge in [0.25, 0.3) is 5.89 Å². The number of halogens is 1. The molecule has 1 aliphatic heterocycles. The largest absolute Gasteiger partial charge is 0.332 e. The number of benzene rings is 1. The molecule has 0 radical (unpaired) electrons. The standard InChI is InChI=1S/C15H16FN7O/c1-22-7-6-17-9-13(22)14-19-15(24-21-14)12-8-18-23(20-12)11-4-2-10(16)3-5-11/h2-5,8,13,17H,6-7,9H2,1H3. The van der Waals surface area contributed by atoms with Gasteiger partial charge in [-0.1, -0.05) is 5.16 Å². The Bertz CT molecular complexity index is 828. The van der Waals surface area contributed by atoms with Crippen LogP contribution in [0.2, 0.25) is 0 Å². The molecule has 24 heavy (non-hydrogen) atoms. The summed E-state index contributed by atoms with van der Waals surface area (Å²) in [6.07, 6.45) is 1.55. The number of piperazine rings is 1. The highest BCUT2D eigenvalue weighted by Gasteiger charge is 2.26. The van der Waals surface area contributed by atoms with Crippen molar-refractivity contribution in [3.8, 4) is 17.3 Å². The van der Waals surface area contributed by atoms with E-state index in [9.17, 15) is 4.39 Å². The van der Waals surface area contributed by atoms with E-state index in [0.29, 0.717) is 23.1 Å². The van der Waals surface area contributed by atoms with Gasteiger partial charge in [0.15, 0.2) is 11.5 Å². The van der Waals surface area contributed by atoms with Gasteiger partial charge >= 0.3 is 0 Å². The zero-order valence-electron chi connectivity index (χ0n) is 13.1. The third-order valence-electron chi connectivity index (χ3n) is 4.02. The summed E-state index contributed by atoms with van der Waals surface area (Å²) in [7, 11) is 2.03. The number of nitrogens with zero attached hydrogens (tertiary/aromatic N) is 6. The Labute approximate surface area is 137 Å². The van der Waals surface area contributed by atoms with Crippen LogP contribution in [0, 0.1) is 5.82 Å². The molecule has 4 rings (SSSR count). The molecule has 1 saturated heterocycles. The zero-order chi connectivity index (χ0) is 16.5. The maximum atomic E-state index is 13.0. The average Bonchev–Trinajstić information content (AvgIpc) is 3.25. The molecule has 0 saturated carbocycles. The fourth-order valence-electron chi connectivity index (χ4n) is 2.63. The molecule has 1 fully saturated rings. The van der Waals surface area contributed by atoms with Crippen LogP contribution in [0.5, 0.6) is 0 Å². The van der Waals surface area contributed by atoms with E-state index >= 15 is 0 Å². The summed E-state index contributed by atoms with van der Waals surface area (Å²) in [6, 6.07) is 5.98. The van der Waals surface area contributed by atoms with E-state index in [1.54, 1.807) is 18.3 Å². The number of rotatable bonds is 3. The van der Waals surface area contributed by atoms with Gasteiger partial charge in [0, 0.05) is 19.6 Å². The van der Waals surface area contributed by atoms with Gasteiger partial charge in [0.05, 0.1) is 17.9 Å². The van der Waals surface area contributed by atoms with Crippen molar-refractivity contribution in [1.82, 2.24) is 35.4 Å². The number of likely N-dealkylation sites (N-methyl/N-ethyl adjacent to an activating group) is 1. The van der Waals surface area contributed by atoms with Crippen molar-refractivity contribution in [2.45, 2.75) is 6.04 Å². The first kappa shape index (κ1) is 14.9. The Hall–Kier alpha value is -2.65. The smallest absolute Gasteiger partial charge is 0.280 e. The molecule has 1 unspecified atom stereocenters. The van der Waals surface area contributed by atoms with E-state index < -0.39 is 0 Å². The SMILES string of the molecule is CN1CCNCC1c1noc(-c2cnn(-c3ccc(F)cc3)n2)n1. The van der Waals surface area contributed by atoms with Crippen LogP contribution in [-0.4, -0.2) is 56.7 Å². The summed E-state index contributed by atoms with van der Waals surface area (Å²) in [5.41, 5.74) is 1.13. The Morgan fingerprint density at radius 2 is 2.12 bits per heavy atom. The second-order valence-electron chi connectivity index (χ2n) is 5.65. The molecule has 1 atom stereocenters. The van der Waals surface area contributed by atoms with Crippen LogP contribution in [0.3, 0.4) is 0 Å². The summed E-state index contributed by atoms with van der Waals surface area (Å²) in [5.74, 6) is 0.631. The normalized spacial score (nSPS) is 18.8. The molecule has 9 heteroatoms. The van der Waals surface area contributed by atoms with Crippen LogP contribution >= 0.6 is 0 Å². The molecule has 0 bridgehead atoms. The zero-order valence-corrected chi connectivity index (χ0v) is 13.1. The number of hydrogen-bond donors (Lipinski definition) is 1. The topological polar surface area (TPSA) is 84.9 Å². The molecule has 8 nitrogen and oxygen atoms in total. The fourth-order valence-corrected chi connectivity index (χ4v) is 2.63. The van der Waals surface area contributed by atoms with Crippen molar-refractivity contribution in [2.24, 2.45) is 0 Å². The van der Waals surface area contributed by atoms with Gasteiger partial charge in [-0.25, -0.2) is 4.39 Å². The minimum atomic E-state index is -0.308. The highest BCUT2D eigenvalue weighted by atomic mass is 19.1. The summed E-state index contributed by atoms with van der Waals surface area (Å²) < 4.78 is 18.3. The number of nitrogens with one attached hydrogen (secondary N) is 1. The van der Waals surface area contributed by atoms with E-state index in [-0.39, 0.29) is 11.9 Å². The minimum Gasteiger partial charge on any atom is -0.332 e. The van der Waals surface area contributed by atoms with E-state index in [0.717, 1.165) is 19.6 Å². The van der Waals surface area contributed by atoms with Crippen LogP contribution < -0.4 is 5.32 Å². The quantitative estimate of drug-likeness (QED) is 0.768. The van der Waals surface area contributed by atoms with Gasteiger partial charge in [0.2, 0.25) is 0 Å². The maximum absolute atomic E-state index is 13.0. The molecule has 0 spiro atoms. The highest BCUT2D eigenvalue weighted by molar-refractivity contribution is 5.44. The van der Waals surface area contributed by atoms with Crippen molar-refractivity contribution in [1.29, 1.82) is 0 Å². The lowest BCUT2D eigenvalue weighted by Gasteiger charge is -2.30. The summed E-state index contributed by atoms with van der Waals surface area (Å²) >= 11 is 0. The molecule has 0 aliphatic carbocycles. The van der Waals surface area contributed by atoms with Gasteiger partial charge in [0.1, 0.15) is 5.82 Å². The van der Waals surface area contributed by atoms with Gasteiger partial charge in [-0.2, -0.15) is 14.9 Å². The van der Waals surface area contributed by atoms with Crippen LogP contribution in [0.15, 0.2) is 35.0 Å². The molecular formula is C15H16FN7O. The van der Waals surface area contributed by atoms with E-state index in [4.69, 9.17) is 4.52 Å². The van der Waals surface area contributed by atoms with Crippen LogP contribution in [0.4, 0.5) is 4.39 Å². The third-order valence-corrected chi connectivity index (χ3v) is 4.02. The second kappa shape index (κ2) is 6.10. The number of aromatic nitrogens is 5. The molecule has 0 amide bonds. The molecule has 1 aromatic carbocycles. The van der Waals surface area contributed by atoms with Crippen molar-refractivity contribution in [3.63, 3.8) is 0 Å². The first-order chi connectivity index (χ1) is 11.7. The van der Waals surface area contributed by atoms with Crippen LogP contribution in [0.1, 0.15) is 11.9 Å². The lowest BCUT2D eigenvalue weighted by atomic mass is 10.2. The van der Waals surface area contributed by atoms with E-state index in [1.165, 1.54) is 16.9 Å². The third kappa shape index (κ3) is 2.79. The molecule has 2 aromatic heterocycles. The number of hydrogen-bond acceptors (Lipinski definition) is 7. The molecule has 3 aromatic rings. The molecule has 124 valence electrons. The summed E-state index contributed by atoms with van der Waals surface area (Å²) in [5, 5.41) is 15.9. The fraction of sp³-hybridized carbons (Fsp3) is 0.333. The van der Waals surface area contributed by atoms with E-state index in [2.05, 4.69) is 30.6 Å². The monoisotopic (exact) mass is 329 g/mol. The van der Waals surface area contributed by atoms with Crippen LogP contribution in [-0.2, 0) is 0 Å². The highest BCUT2D eigenvalue weighted by Crippen LogP contribution is 2.21. The minimum absolute atomic E-state index is 0.0726. The summed E-state index contributed by atoms with van der Waals surface area (Å²) in [6.45, 7) is 2.65.